The van der Waals surface area contributed by atoms with Crippen molar-refractivity contribution in [1.29, 1.82) is 0 Å². The van der Waals surface area contributed by atoms with Gasteiger partial charge in [-0.3, -0.25) is 0 Å². The molecule has 0 aliphatic heterocycles. The molecular formula is C19H15NO5. The molecule has 0 fully saturated rings. The third-order valence-corrected chi connectivity index (χ3v) is 3.81. The van der Waals surface area contributed by atoms with Crippen LogP contribution in [0.4, 0.5) is 11.4 Å². The van der Waals surface area contributed by atoms with Gasteiger partial charge in [-0.2, -0.15) is 0 Å². The van der Waals surface area contributed by atoms with E-state index in [1.165, 1.54) is 25.3 Å². The van der Waals surface area contributed by atoms with Crippen molar-refractivity contribution in [2.45, 2.75) is 0 Å². The van der Waals surface area contributed by atoms with E-state index in [9.17, 15) is 19.8 Å². The highest BCUT2D eigenvalue weighted by atomic mass is 16.5. The summed E-state index contributed by atoms with van der Waals surface area (Å²) >= 11 is 0. The molecule has 0 saturated heterocycles. The van der Waals surface area contributed by atoms with Crippen LogP contribution in [0.5, 0.6) is 5.75 Å². The van der Waals surface area contributed by atoms with Crippen molar-refractivity contribution in [2.75, 3.05) is 12.4 Å². The van der Waals surface area contributed by atoms with Crippen LogP contribution in [0.25, 0.3) is 10.8 Å². The molecule has 0 radical (unpaired) electrons. The number of phenolic OH excluding ortho intramolecular Hbond substituents is 1. The summed E-state index contributed by atoms with van der Waals surface area (Å²) in [5.41, 5.74) is 1.19. The largest absolute Gasteiger partial charge is 0.508 e. The molecule has 0 saturated carbocycles. The zero-order chi connectivity index (χ0) is 18.0. The molecule has 3 rings (SSSR count). The second-order valence-electron chi connectivity index (χ2n) is 5.39. The number of rotatable bonds is 4. The van der Waals surface area contributed by atoms with Gasteiger partial charge in [-0.1, -0.05) is 18.2 Å². The number of benzene rings is 3. The van der Waals surface area contributed by atoms with Gasteiger partial charge < -0.3 is 20.3 Å². The molecule has 0 heterocycles. The fraction of sp³-hybridized carbons (Fsp3) is 0.0526. The number of hydrogen-bond acceptors (Lipinski definition) is 5. The number of carbonyl (C=O) groups is 2. The Morgan fingerprint density at radius 3 is 2.52 bits per heavy atom. The van der Waals surface area contributed by atoms with Gasteiger partial charge in [0, 0.05) is 11.1 Å². The lowest BCUT2D eigenvalue weighted by molar-refractivity contribution is 0.0599. The van der Waals surface area contributed by atoms with Crippen LogP contribution in [0.1, 0.15) is 20.7 Å². The van der Waals surface area contributed by atoms with Gasteiger partial charge in [0.1, 0.15) is 5.75 Å². The maximum absolute atomic E-state index is 12.0. The van der Waals surface area contributed by atoms with E-state index in [1.54, 1.807) is 24.3 Å². The monoisotopic (exact) mass is 337 g/mol. The Balaban J connectivity index is 2.13. The van der Waals surface area contributed by atoms with Crippen LogP contribution in [0, 0.1) is 0 Å². The quantitative estimate of drug-likeness (QED) is 0.627. The summed E-state index contributed by atoms with van der Waals surface area (Å²) in [5, 5.41) is 23.6. The van der Waals surface area contributed by atoms with Crippen LogP contribution in [0.15, 0.2) is 54.6 Å². The Labute approximate surface area is 143 Å². The van der Waals surface area contributed by atoms with Crippen LogP contribution in [0.2, 0.25) is 0 Å². The van der Waals surface area contributed by atoms with Crippen molar-refractivity contribution in [3.8, 4) is 5.75 Å². The SMILES string of the molecule is COC(=O)c1ccc(C(=O)O)cc1Nc1cccc2ccc(O)cc12. The average Bonchev–Trinajstić information content (AvgIpc) is 2.61. The average molecular weight is 337 g/mol. The number of aromatic hydroxyl groups is 1. The van der Waals surface area contributed by atoms with E-state index in [0.717, 1.165) is 10.8 Å². The molecule has 6 heteroatoms. The number of carboxylic acid groups (broad SMARTS) is 1. The summed E-state index contributed by atoms with van der Waals surface area (Å²) in [5.74, 6) is -1.58. The minimum absolute atomic E-state index is 0.0400. The minimum Gasteiger partial charge on any atom is -0.508 e. The molecule has 0 aromatic heterocycles. The molecule has 3 aromatic carbocycles. The first-order chi connectivity index (χ1) is 12.0. The highest BCUT2D eigenvalue weighted by molar-refractivity contribution is 6.02. The van der Waals surface area contributed by atoms with Crippen molar-refractivity contribution >= 4 is 34.1 Å². The molecule has 0 amide bonds. The first-order valence-corrected chi connectivity index (χ1v) is 7.44. The van der Waals surface area contributed by atoms with E-state index in [0.29, 0.717) is 11.4 Å². The molecule has 126 valence electrons. The molecule has 0 atom stereocenters. The number of methoxy groups -OCH3 is 1. The van der Waals surface area contributed by atoms with Gasteiger partial charge in [-0.15, -0.1) is 0 Å². The van der Waals surface area contributed by atoms with Gasteiger partial charge in [-0.05, 0) is 41.8 Å². The van der Waals surface area contributed by atoms with Crippen molar-refractivity contribution < 1.29 is 24.5 Å². The maximum Gasteiger partial charge on any atom is 0.339 e. The molecule has 0 spiro atoms. The zero-order valence-electron chi connectivity index (χ0n) is 13.3. The molecule has 0 unspecified atom stereocenters. The normalized spacial score (nSPS) is 10.4. The minimum atomic E-state index is -1.10. The Hall–Kier alpha value is -3.54. The number of carboxylic acids is 1. The van der Waals surface area contributed by atoms with E-state index in [-0.39, 0.29) is 16.9 Å². The number of esters is 1. The Bertz CT molecular complexity index is 981. The number of carbonyl (C=O) groups excluding carboxylic acids is 1. The summed E-state index contributed by atoms with van der Waals surface area (Å²) in [6.45, 7) is 0. The Morgan fingerprint density at radius 2 is 1.80 bits per heavy atom. The molecule has 6 nitrogen and oxygen atoms in total. The third-order valence-electron chi connectivity index (χ3n) is 3.81. The Morgan fingerprint density at radius 1 is 1.00 bits per heavy atom. The third kappa shape index (κ3) is 3.23. The number of nitrogens with one attached hydrogen (secondary N) is 1. The van der Waals surface area contributed by atoms with Crippen molar-refractivity contribution in [1.82, 2.24) is 0 Å². The van der Waals surface area contributed by atoms with E-state index < -0.39 is 11.9 Å². The smallest absolute Gasteiger partial charge is 0.339 e. The topological polar surface area (TPSA) is 95.9 Å². The molecule has 3 N–H and O–H groups in total. The molecule has 3 aromatic rings. The number of fused-ring (bicyclic) bond motifs is 1. The lowest BCUT2D eigenvalue weighted by Gasteiger charge is -2.14. The van der Waals surface area contributed by atoms with Gasteiger partial charge in [-0.25, -0.2) is 9.59 Å². The first-order valence-electron chi connectivity index (χ1n) is 7.44. The summed E-state index contributed by atoms with van der Waals surface area (Å²) in [6.07, 6.45) is 0. The van der Waals surface area contributed by atoms with Crippen LogP contribution in [0.3, 0.4) is 0 Å². The standard InChI is InChI=1S/C19H15NO5/c1-25-19(24)14-8-6-12(18(22)23)9-17(14)20-16-4-2-3-11-5-7-13(21)10-15(11)16/h2-10,20-21H,1H3,(H,22,23). The maximum atomic E-state index is 12.0. The van der Waals surface area contributed by atoms with Gasteiger partial charge in [0.2, 0.25) is 0 Å². The van der Waals surface area contributed by atoms with Crippen molar-refractivity contribution in [3.05, 3.63) is 65.7 Å². The van der Waals surface area contributed by atoms with Crippen molar-refractivity contribution in [2.24, 2.45) is 0 Å². The summed E-state index contributed by atoms with van der Waals surface area (Å²) in [4.78, 5) is 23.2. The van der Waals surface area contributed by atoms with Crippen molar-refractivity contribution in [3.63, 3.8) is 0 Å². The van der Waals surface area contributed by atoms with E-state index in [4.69, 9.17) is 4.74 Å². The first kappa shape index (κ1) is 16.3. The van der Waals surface area contributed by atoms with Crippen LogP contribution >= 0.6 is 0 Å². The summed E-state index contributed by atoms with van der Waals surface area (Å²) in [7, 11) is 1.26. The van der Waals surface area contributed by atoms with Gasteiger partial charge in [0.15, 0.2) is 0 Å². The fourth-order valence-electron chi connectivity index (χ4n) is 2.58. The molecule has 0 bridgehead atoms. The van der Waals surface area contributed by atoms with E-state index >= 15 is 0 Å². The van der Waals surface area contributed by atoms with Gasteiger partial charge in [0.25, 0.3) is 0 Å². The zero-order valence-corrected chi connectivity index (χ0v) is 13.3. The number of ether oxygens (including phenoxy) is 1. The number of aromatic carboxylic acids is 1. The number of phenols is 1. The lowest BCUT2D eigenvalue weighted by atomic mass is 10.1. The molecule has 0 aliphatic carbocycles. The van der Waals surface area contributed by atoms with E-state index in [2.05, 4.69) is 5.32 Å². The van der Waals surface area contributed by atoms with Gasteiger partial charge in [0.05, 0.1) is 23.9 Å². The van der Waals surface area contributed by atoms with Crippen LogP contribution in [-0.4, -0.2) is 29.3 Å². The lowest BCUT2D eigenvalue weighted by Crippen LogP contribution is -2.08. The van der Waals surface area contributed by atoms with Crippen LogP contribution < -0.4 is 5.32 Å². The fourth-order valence-corrected chi connectivity index (χ4v) is 2.58. The summed E-state index contributed by atoms with van der Waals surface area (Å²) < 4.78 is 4.76. The van der Waals surface area contributed by atoms with Gasteiger partial charge >= 0.3 is 11.9 Å². The molecular weight excluding hydrogens is 322 g/mol. The van der Waals surface area contributed by atoms with Crippen LogP contribution in [-0.2, 0) is 4.74 Å². The molecule has 25 heavy (non-hydrogen) atoms. The predicted octanol–water partition coefficient (Wildman–Crippen LogP) is 3.77. The summed E-state index contributed by atoms with van der Waals surface area (Å²) in [6, 6.07) is 14.5. The molecule has 0 aliphatic rings. The number of hydrogen-bond donors (Lipinski definition) is 3. The highest BCUT2D eigenvalue weighted by Gasteiger charge is 2.16. The highest BCUT2D eigenvalue weighted by Crippen LogP contribution is 2.31. The Kier molecular flexibility index (Phi) is 4.26. The van der Waals surface area contributed by atoms with E-state index in [1.807, 2.05) is 12.1 Å². The number of anilines is 2. The second kappa shape index (κ2) is 6.52. The second-order valence-corrected chi connectivity index (χ2v) is 5.39. The predicted molar refractivity (Wildman–Crippen MR) is 93.6 cm³/mol.